The second kappa shape index (κ2) is 32.3. The summed E-state index contributed by atoms with van der Waals surface area (Å²) < 4.78 is 32.4. The Morgan fingerprint density at radius 1 is 0.630 bits per heavy atom. The van der Waals surface area contributed by atoms with Crippen molar-refractivity contribution < 1.29 is 47.8 Å². The SMILES string of the molecule is CCCCCC/C=C/CCCCCCCCCC(=O)OC[C@@H](COP(=O)(O)OC[C@H](O)CO)OC(=O)CCCCCCCCCC. The topological polar surface area (TPSA) is 149 Å². The van der Waals surface area contributed by atoms with Gasteiger partial charge in [0.15, 0.2) is 6.10 Å². The third-order valence-corrected chi connectivity index (χ3v) is 8.62. The van der Waals surface area contributed by atoms with E-state index in [4.69, 9.17) is 19.1 Å². The van der Waals surface area contributed by atoms with Crippen LogP contribution < -0.4 is 0 Å². The number of phosphoric acid groups is 1. The molecule has 0 fully saturated rings. The monoisotopic (exact) mass is 678 g/mol. The fourth-order valence-electron chi connectivity index (χ4n) is 4.81. The molecule has 0 aliphatic heterocycles. The lowest BCUT2D eigenvalue weighted by Crippen LogP contribution is -2.29. The van der Waals surface area contributed by atoms with Crippen molar-refractivity contribution >= 4 is 19.8 Å². The Kier molecular flexibility index (Phi) is 31.4. The van der Waals surface area contributed by atoms with E-state index in [0.717, 1.165) is 44.9 Å². The minimum atomic E-state index is -4.60. The zero-order valence-electron chi connectivity index (χ0n) is 29.0. The van der Waals surface area contributed by atoms with Gasteiger partial charge in [-0.25, -0.2) is 4.57 Å². The van der Waals surface area contributed by atoms with Crippen LogP contribution in [-0.2, 0) is 32.7 Å². The lowest BCUT2D eigenvalue weighted by molar-refractivity contribution is -0.161. The number of esters is 2. The molecule has 0 aliphatic carbocycles. The number of hydrogen-bond acceptors (Lipinski definition) is 9. The van der Waals surface area contributed by atoms with Crippen molar-refractivity contribution in [2.45, 2.75) is 174 Å². The van der Waals surface area contributed by atoms with Crippen LogP contribution in [0.4, 0.5) is 0 Å². The maximum atomic E-state index is 12.4. The smallest absolute Gasteiger partial charge is 0.462 e. The van der Waals surface area contributed by atoms with E-state index in [0.29, 0.717) is 12.8 Å². The van der Waals surface area contributed by atoms with Crippen molar-refractivity contribution in [1.82, 2.24) is 0 Å². The van der Waals surface area contributed by atoms with Gasteiger partial charge >= 0.3 is 19.8 Å². The third kappa shape index (κ3) is 31.3. The molecule has 0 heterocycles. The fourth-order valence-corrected chi connectivity index (χ4v) is 5.60. The van der Waals surface area contributed by atoms with Gasteiger partial charge in [0.2, 0.25) is 0 Å². The highest BCUT2D eigenvalue weighted by Crippen LogP contribution is 2.43. The molecule has 3 atom stereocenters. The molecule has 0 amide bonds. The number of hydrogen-bond donors (Lipinski definition) is 3. The van der Waals surface area contributed by atoms with Gasteiger partial charge in [-0.05, 0) is 38.5 Å². The highest BCUT2D eigenvalue weighted by molar-refractivity contribution is 7.47. The van der Waals surface area contributed by atoms with E-state index in [2.05, 4.69) is 30.5 Å². The summed E-state index contributed by atoms with van der Waals surface area (Å²) in [5.41, 5.74) is 0. The number of carbonyl (C=O) groups is 2. The second-order valence-corrected chi connectivity index (χ2v) is 13.7. The van der Waals surface area contributed by atoms with Gasteiger partial charge in [0.1, 0.15) is 12.7 Å². The largest absolute Gasteiger partial charge is 0.472 e. The molecule has 11 heteroatoms. The van der Waals surface area contributed by atoms with Crippen molar-refractivity contribution in [3.8, 4) is 0 Å². The summed E-state index contributed by atoms with van der Waals surface area (Å²) in [6.45, 7) is 2.31. The Morgan fingerprint density at radius 3 is 1.59 bits per heavy atom. The number of phosphoric ester groups is 1. The van der Waals surface area contributed by atoms with Gasteiger partial charge in [0.05, 0.1) is 19.8 Å². The summed E-state index contributed by atoms with van der Waals surface area (Å²) in [5, 5.41) is 18.2. The van der Waals surface area contributed by atoms with Crippen molar-refractivity contribution in [2.24, 2.45) is 0 Å². The Morgan fingerprint density at radius 2 is 1.07 bits per heavy atom. The molecule has 0 aromatic carbocycles. The fraction of sp³-hybridized carbons (Fsp3) is 0.886. The minimum Gasteiger partial charge on any atom is -0.462 e. The van der Waals surface area contributed by atoms with Crippen molar-refractivity contribution in [2.75, 3.05) is 26.4 Å². The summed E-state index contributed by atoms with van der Waals surface area (Å²) in [5.74, 6) is -0.932. The predicted molar refractivity (Wildman–Crippen MR) is 182 cm³/mol. The van der Waals surface area contributed by atoms with Crippen LogP contribution >= 0.6 is 7.82 Å². The van der Waals surface area contributed by atoms with Crippen LogP contribution in [0.2, 0.25) is 0 Å². The molecule has 0 aromatic heterocycles. The number of carbonyl (C=O) groups excluding carboxylic acids is 2. The minimum absolute atomic E-state index is 0.186. The first-order valence-electron chi connectivity index (χ1n) is 18.1. The molecule has 0 aliphatic rings. The molecule has 10 nitrogen and oxygen atoms in total. The summed E-state index contributed by atoms with van der Waals surface area (Å²) in [4.78, 5) is 34.6. The number of aliphatic hydroxyl groups excluding tert-OH is 2. The predicted octanol–water partition coefficient (Wildman–Crippen LogP) is 8.50. The third-order valence-electron chi connectivity index (χ3n) is 7.67. The number of aliphatic hydroxyl groups is 2. The summed E-state index contributed by atoms with van der Waals surface area (Å²) >= 11 is 0. The Hall–Kier alpha value is -1.29. The average molecular weight is 679 g/mol. The first-order valence-corrected chi connectivity index (χ1v) is 19.6. The van der Waals surface area contributed by atoms with Crippen LogP contribution in [0.15, 0.2) is 12.2 Å². The van der Waals surface area contributed by atoms with Crippen LogP contribution in [0, 0.1) is 0 Å². The molecule has 0 saturated carbocycles. The second-order valence-electron chi connectivity index (χ2n) is 12.3. The van der Waals surface area contributed by atoms with Gasteiger partial charge < -0.3 is 24.6 Å². The summed E-state index contributed by atoms with van der Waals surface area (Å²) in [7, 11) is -4.60. The van der Waals surface area contributed by atoms with Crippen molar-refractivity contribution in [1.29, 1.82) is 0 Å². The molecule has 3 N–H and O–H groups in total. The first kappa shape index (κ1) is 44.7. The van der Waals surface area contributed by atoms with Gasteiger partial charge in [-0.1, -0.05) is 122 Å². The van der Waals surface area contributed by atoms with Crippen LogP contribution in [0.1, 0.15) is 162 Å². The molecule has 272 valence electrons. The van der Waals surface area contributed by atoms with Gasteiger partial charge in [0.25, 0.3) is 0 Å². The van der Waals surface area contributed by atoms with Gasteiger partial charge in [0, 0.05) is 12.8 Å². The molecule has 0 saturated heterocycles. The first-order chi connectivity index (χ1) is 22.2. The van der Waals surface area contributed by atoms with Gasteiger partial charge in [-0.15, -0.1) is 0 Å². The average Bonchev–Trinajstić information content (AvgIpc) is 3.04. The molecule has 0 rings (SSSR count). The van der Waals surface area contributed by atoms with E-state index in [1.807, 2.05) is 0 Å². The van der Waals surface area contributed by atoms with E-state index in [9.17, 15) is 24.2 Å². The number of unbranched alkanes of at least 4 members (excludes halogenated alkanes) is 18. The lowest BCUT2D eigenvalue weighted by atomic mass is 10.1. The summed E-state index contributed by atoms with van der Waals surface area (Å²) in [6.07, 6.45) is 26.3. The Bertz CT molecular complexity index is 791. The highest BCUT2D eigenvalue weighted by atomic mass is 31.2. The van der Waals surface area contributed by atoms with Crippen LogP contribution in [0.25, 0.3) is 0 Å². The number of allylic oxidation sites excluding steroid dienone is 2. The molecule has 0 radical (unpaired) electrons. The number of rotatable bonds is 34. The quantitative estimate of drug-likeness (QED) is 0.0262. The molecule has 1 unspecified atom stereocenters. The zero-order chi connectivity index (χ0) is 34.1. The van der Waals surface area contributed by atoms with E-state index < -0.39 is 51.8 Å². The molecule has 0 spiro atoms. The standard InChI is InChI=1S/C35H67O10P/c1-3-5-7-9-11-13-14-15-16-17-18-19-21-22-24-26-34(38)42-30-33(31-44-46(40,41)43-29-32(37)28-36)45-35(39)27-25-23-20-12-10-8-6-4-2/h13-14,32-33,36-37H,3-12,15-31H2,1-2H3,(H,40,41)/b14-13+/t32-,33+/m1/s1. The lowest BCUT2D eigenvalue weighted by Gasteiger charge is -2.20. The molecule has 0 aromatic rings. The van der Waals surface area contributed by atoms with Crippen molar-refractivity contribution in [3.05, 3.63) is 12.2 Å². The van der Waals surface area contributed by atoms with E-state index in [1.54, 1.807) is 0 Å². The molecular formula is C35H67O10P. The van der Waals surface area contributed by atoms with E-state index in [-0.39, 0.29) is 19.4 Å². The maximum Gasteiger partial charge on any atom is 0.472 e. The maximum absolute atomic E-state index is 12.4. The van der Waals surface area contributed by atoms with E-state index in [1.165, 1.54) is 77.0 Å². The van der Waals surface area contributed by atoms with E-state index >= 15 is 0 Å². The zero-order valence-corrected chi connectivity index (χ0v) is 29.9. The van der Waals surface area contributed by atoms with Crippen LogP contribution in [-0.4, -0.2) is 65.7 Å². The van der Waals surface area contributed by atoms with Crippen LogP contribution in [0.3, 0.4) is 0 Å². The molecule has 46 heavy (non-hydrogen) atoms. The summed E-state index contributed by atoms with van der Waals surface area (Å²) in [6, 6.07) is 0. The Labute approximate surface area is 279 Å². The number of ether oxygens (including phenoxy) is 2. The molecular weight excluding hydrogens is 611 g/mol. The Balaban J connectivity index is 4.32. The van der Waals surface area contributed by atoms with Gasteiger partial charge in [-0.2, -0.15) is 0 Å². The van der Waals surface area contributed by atoms with Gasteiger partial charge in [-0.3, -0.25) is 18.6 Å². The normalized spacial score (nSPS) is 14.3. The van der Waals surface area contributed by atoms with Crippen molar-refractivity contribution in [3.63, 3.8) is 0 Å². The van der Waals surface area contributed by atoms with Crippen LogP contribution in [0.5, 0.6) is 0 Å². The molecule has 0 bridgehead atoms. The highest BCUT2D eigenvalue weighted by Gasteiger charge is 2.27.